The van der Waals surface area contributed by atoms with E-state index >= 15 is 0 Å². The van der Waals surface area contributed by atoms with E-state index in [0.29, 0.717) is 6.04 Å². The first-order valence-electron chi connectivity index (χ1n) is 10.8. The molecule has 27 heavy (non-hydrogen) atoms. The number of carbonyl (C=O) groups excluding carboxylic acids is 1. The fraction of sp³-hybridized carbons (Fsp3) is 0.696. The largest absolute Gasteiger partial charge is 0.354 e. The van der Waals surface area contributed by atoms with Crippen molar-refractivity contribution in [2.75, 3.05) is 33.7 Å². The Labute approximate surface area is 165 Å². The third kappa shape index (κ3) is 4.91. The molecule has 1 aromatic carbocycles. The predicted octanol–water partition coefficient (Wildman–Crippen LogP) is 3.42. The van der Waals surface area contributed by atoms with Crippen molar-refractivity contribution in [3.05, 3.63) is 35.9 Å². The van der Waals surface area contributed by atoms with Gasteiger partial charge in [-0.2, -0.15) is 0 Å². The molecular formula is C23H37N3O. The minimum absolute atomic E-state index is 0.0621. The summed E-state index contributed by atoms with van der Waals surface area (Å²) in [6, 6.07) is 11.3. The molecule has 1 N–H and O–H groups in total. The van der Waals surface area contributed by atoms with E-state index in [1.54, 1.807) is 0 Å². The zero-order valence-corrected chi connectivity index (χ0v) is 17.4. The van der Waals surface area contributed by atoms with Gasteiger partial charge < -0.3 is 10.2 Å². The lowest BCUT2D eigenvalue weighted by Gasteiger charge is -2.42. The molecule has 1 amide bonds. The summed E-state index contributed by atoms with van der Waals surface area (Å²) in [6.07, 6.45) is 8.60. The highest BCUT2D eigenvalue weighted by Gasteiger charge is 2.36. The van der Waals surface area contributed by atoms with Gasteiger partial charge in [-0.05, 0) is 65.4 Å². The van der Waals surface area contributed by atoms with Crippen LogP contribution < -0.4 is 5.32 Å². The monoisotopic (exact) mass is 371 g/mol. The minimum Gasteiger partial charge on any atom is -0.354 e. The van der Waals surface area contributed by atoms with Crippen molar-refractivity contribution in [2.45, 2.75) is 69.4 Å². The Hall–Kier alpha value is -1.39. The summed E-state index contributed by atoms with van der Waals surface area (Å²) in [5, 5.41) is 3.33. The summed E-state index contributed by atoms with van der Waals surface area (Å²) in [5.41, 5.74) is 1.43. The van der Waals surface area contributed by atoms with Gasteiger partial charge in [-0.25, -0.2) is 0 Å². The molecule has 4 nitrogen and oxygen atoms in total. The van der Waals surface area contributed by atoms with E-state index in [0.717, 1.165) is 32.5 Å². The van der Waals surface area contributed by atoms with E-state index in [1.807, 2.05) is 0 Å². The zero-order valence-electron chi connectivity index (χ0n) is 17.4. The Morgan fingerprint density at radius 3 is 2.44 bits per heavy atom. The average molecular weight is 372 g/mol. The highest BCUT2D eigenvalue weighted by molar-refractivity contribution is 5.81. The van der Waals surface area contributed by atoms with Crippen LogP contribution >= 0.6 is 0 Å². The molecule has 2 aliphatic rings. The first kappa shape index (κ1) is 20.3. The van der Waals surface area contributed by atoms with Crippen LogP contribution in [0.25, 0.3) is 0 Å². The van der Waals surface area contributed by atoms with Crippen molar-refractivity contribution in [3.63, 3.8) is 0 Å². The number of piperidine rings is 1. The molecule has 4 heteroatoms. The normalized spacial score (nSPS) is 22.5. The van der Waals surface area contributed by atoms with Crippen LogP contribution in [0.2, 0.25) is 0 Å². The molecule has 2 fully saturated rings. The maximum atomic E-state index is 12.9. The van der Waals surface area contributed by atoms with Gasteiger partial charge in [0.15, 0.2) is 0 Å². The summed E-state index contributed by atoms with van der Waals surface area (Å²) < 4.78 is 0. The molecule has 1 saturated carbocycles. The van der Waals surface area contributed by atoms with Crippen LogP contribution in [0.3, 0.4) is 0 Å². The van der Waals surface area contributed by atoms with E-state index in [1.165, 1.54) is 37.7 Å². The van der Waals surface area contributed by atoms with Crippen LogP contribution in [0.1, 0.15) is 57.4 Å². The van der Waals surface area contributed by atoms with Crippen LogP contribution in [-0.2, 0) is 10.2 Å². The molecular weight excluding hydrogens is 334 g/mol. The SMILES string of the molecule is C[C@@H](C(=O)NCC1(c2ccccc2)CCN(C)CC1)N(C)C1CCCCC1. The van der Waals surface area contributed by atoms with Crippen LogP contribution in [0, 0.1) is 0 Å². The van der Waals surface area contributed by atoms with Crippen LogP contribution in [0.15, 0.2) is 30.3 Å². The lowest BCUT2D eigenvalue weighted by atomic mass is 9.72. The molecule has 1 aliphatic heterocycles. The molecule has 1 atom stereocenters. The van der Waals surface area contributed by atoms with Gasteiger partial charge in [0.2, 0.25) is 5.91 Å². The third-order valence-electron chi connectivity index (χ3n) is 7.07. The van der Waals surface area contributed by atoms with E-state index < -0.39 is 0 Å². The molecule has 0 bridgehead atoms. The molecule has 1 heterocycles. The Kier molecular flexibility index (Phi) is 6.93. The summed E-state index contributed by atoms with van der Waals surface area (Å²) >= 11 is 0. The summed E-state index contributed by atoms with van der Waals surface area (Å²) in [5.74, 6) is 0.178. The molecule has 0 unspecified atom stereocenters. The summed E-state index contributed by atoms with van der Waals surface area (Å²) in [6.45, 7) is 4.98. The number of carbonyl (C=O) groups is 1. The average Bonchev–Trinajstić information content (AvgIpc) is 2.73. The van der Waals surface area contributed by atoms with Crippen LogP contribution in [0.5, 0.6) is 0 Å². The van der Waals surface area contributed by atoms with E-state index in [-0.39, 0.29) is 17.4 Å². The Morgan fingerprint density at radius 2 is 1.81 bits per heavy atom. The van der Waals surface area contributed by atoms with Gasteiger partial charge in [-0.1, -0.05) is 49.6 Å². The number of hydrogen-bond acceptors (Lipinski definition) is 3. The van der Waals surface area contributed by atoms with Gasteiger partial charge in [0.25, 0.3) is 0 Å². The Balaban J connectivity index is 1.63. The Bertz CT molecular complexity index is 589. The number of hydrogen-bond donors (Lipinski definition) is 1. The van der Waals surface area contributed by atoms with Crippen molar-refractivity contribution in [1.82, 2.24) is 15.1 Å². The van der Waals surface area contributed by atoms with Gasteiger partial charge in [-0.15, -0.1) is 0 Å². The van der Waals surface area contributed by atoms with Gasteiger partial charge >= 0.3 is 0 Å². The number of likely N-dealkylation sites (N-methyl/N-ethyl adjacent to an activating group) is 1. The Morgan fingerprint density at radius 1 is 1.19 bits per heavy atom. The lowest BCUT2D eigenvalue weighted by molar-refractivity contribution is -0.126. The van der Waals surface area contributed by atoms with Gasteiger partial charge in [0, 0.05) is 18.0 Å². The summed E-state index contributed by atoms with van der Waals surface area (Å²) in [7, 11) is 4.32. The third-order valence-corrected chi connectivity index (χ3v) is 7.07. The first-order valence-corrected chi connectivity index (χ1v) is 10.8. The van der Waals surface area contributed by atoms with Crippen LogP contribution in [-0.4, -0.2) is 61.5 Å². The number of rotatable bonds is 6. The second-order valence-electron chi connectivity index (χ2n) is 8.80. The maximum absolute atomic E-state index is 12.9. The highest BCUT2D eigenvalue weighted by Crippen LogP contribution is 2.34. The molecule has 1 aliphatic carbocycles. The zero-order chi connectivity index (χ0) is 19.3. The number of nitrogens with one attached hydrogen (secondary N) is 1. The van der Waals surface area contributed by atoms with Gasteiger partial charge in [0.1, 0.15) is 0 Å². The van der Waals surface area contributed by atoms with E-state index in [2.05, 4.69) is 66.5 Å². The fourth-order valence-electron chi connectivity index (χ4n) is 4.80. The number of benzene rings is 1. The van der Waals surface area contributed by atoms with Crippen molar-refractivity contribution in [1.29, 1.82) is 0 Å². The van der Waals surface area contributed by atoms with Gasteiger partial charge in [0.05, 0.1) is 6.04 Å². The first-order chi connectivity index (χ1) is 13.0. The molecule has 0 aromatic heterocycles. The molecule has 1 saturated heterocycles. The standard InChI is InChI=1S/C23H37N3O/c1-19(26(3)21-12-8-5-9-13-21)22(27)24-18-23(14-16-25(2)17-15-23)20-10-6-4-7-11-20/h4,6-7,10-11,19,21H,5,8-9,12-18H2,1-3H3,(H,24,27)/t19-/m0/s1. The second kappa shape index (κ2) is 9.20. The van der Waals surface area contributed by atoms with Crippen molar-refractivity contribution >= 4 is 5.91 Å². The van der Waals surface area contributed by atoms with Crippen molar-refractivity contribution < 1.29 is 4.79 Å². The number of likely N-dealkylation sites (tertiary alicyclic amines) is 1. The fourth-order valence-corrected chi connectivity index (χ4v) is 4.80. The predicted molar refractivity (Wildman–Crippen MR) is 112 cm³/mol. The highest BCUT2D eigenvalue weighted by atomic mass is 16.2. The quantitative estimate of drug-likeness (QED) is 0.832. The van der Waals surface area contributed by atoms with E-state index in [4.69, 9.17) is 0 Å². The topological polar surface area (TPSA) is 35.6 Å². The minimum atomic E-state index is -0.0628. The molecule has 0 spiro atoms. The summed E-state index contributed by atoms with van der Waals surface area (Å²) in [4.78, 5) is 17.6. The van der Waals surface area contributed by atoms with Crippen LogP contribution in [0.4, 0.5) is 0 Å². The van der Waals surface area contributed by atoms with Crippen molar-refractivity contribution in [2.24, 2.45) is 0 Å². The molecule has 1 aromatic rings. The number of nitrogens with zero attached hydrogens (tertiary/aromatic N) is 2. The number of amides is 1. The van der Waals surface area contributed by atoms with E-state index in [9.17, 15) is 4.79 Å². The molecule has 150 valence electrons. The molecule has 3 rings (SSSR count). The lowest BCUT2D eigenvalue weighted by Crippen LogP contribution is -2.53. The maximum Gasteiger partial charge on any atom is 0.237 e. The van der Waals surface area contributed by atoms with Gasteiger partial charge in [-0.3, -0.25) is 9.69 Å². The second-order valence-corrected chi connectivity index (χ2v) is 8.80. The smallest absolute Gasteiger partial charge is 0.237 e. The molecule has 0 radical (unpaired) electrons. The van der Waals surface area contributed by atoms with Crippen molar-refractivity contribution in [3.8, 4) is 0 Å².